The smallest absolute Gasteiger partial charge is 0.370 e. The average molecular weight is 239 g/mol. The third-order valence-electron chi connectivity index (χ3n) is 1.84. The van der Waals surface area contributed by atoms with Crippen molar-refractivity contribution in [2.75, 3.05) is 0 Å². The SMILES string of the molecule is CC(C)(C)c1cnc(C(=N)OC(=O)S)cn1. The molecule has 0 unspecified atom stereocenters. The lowest BCUT2D eigenvalue weighted by atomic mass is 9.93. The van der Waals surface area contributed by atoms with Crippen LogP contribution in [0.2, 0.25) is 0 Å². The lowest BCUT2D eigenvalue weighted by Crippen LogP contribution is -2.16. The molecule has 1 aromatic rings. The Labute approximate surface area is 99.2 Å². The molecular formula is C10H13N3O2S. The van der Waals surface area contributed by atoms with E-state index >= 15 is 0 Å². The molecule has 0 spiro atoms. The second-order valence-electron chi connectivity index (χ2n) is 4.23. The Morgan fingerprint density at radius 3 is 2.38 bits per heavy atom. The Balaban J connectivity index is 2.87. The molecule has 0 radical (unpaired) electrons. The van der Waals surface area contributed by atoms with Gasteiger partial charge in [-0.3, -0.25) is 10.4 Å². The van der Waals surface area contributed by atoms with Gasteiger partial charge in [-0.2, -0.15) is 0 Å². The summed E-state index contributed by atoms with van der Waals surface area (Å²) in [6.07, 6.45) is 2.97. The summed E-state index contributed by atoms with van der Waals surface area (Å²) >= 11 is 3.40. The Kier molecular flexibility index (Phi) is 3.64. The minimum Gasteiger partial charge on any atom is -0.398 e. The zero-order valence-corrected chi connectivity index (χ0v) is 10.2. The van der Waals surface area contributed by atoms with Crippen LogP contribution in [-0.4, -0.2) is 21.2 Å². The van der Waals surface area contributed by atoms with Crippen molar-refractivity contribution in [2.24, 2.45) is 0 Å². The summed E-state index contributed by atoms with van der Waals surface area (Å²) in [6, 6.07) is 0. The number of ether oxygens (including phenoxy) is 1. The topological polar surface area (TPSA) is 75.9 Å². The number of carbonyl (C=O) groups excluding carboxylic acids is 1. The molecule has 1 N–H and O–H groups in total. The molecule has 0 aromatic carbocycles. The predicted molar refractivity (Wildman–Crippen MR) is 63.0 cm³/mol. The van der Waals surface area contributed by atoms with Crippen molar-refractivity contribution in [3.05, 3.63) is 23.8 Å². The number of rotatable bonds is 1. The summed E-state index contributed by atoms with van der Waals surface area (Å²) in [5, 5.41) is 6.55. The van der Waals surface area contributed by atoms with E-state index in [-0.39, 0.29) is 17.0 Å². The summed E-state index contributed by atoms with van der Waals surface area (Å²) in [6.45, 7) is 6.03. The molecule has 5 nitrogen and oxygen atoms in total. The first-order chi connectivity index (χ1) is 7.30. The van der Waals surface area contributed by atoms with Crippen molar-refractivity contribution in [2.45, 2.75) is 26.2 Å². The van der Waals surface area contributed by atoms with Gasteiger partial charge in [0.05, 0.1) is 11.9 Å². The first-order valence-electron chi connectivity index (χ1n) is 4.63. The monoisotopic (exact) mass is 239 g/mol. The van der Waals surface area contributed by atoms with Crippen molar-refractivity contribution < 1.29 is 9.53 Å². The molecule has 1 rings (SSSR count). The number of carbonyl (C=O) groups is 1. The molecular weight excluding hydrogens is 226 g/mol. The van der Waals surface area contributed by atoms with Gasteiger partial charge in [0, 0.05) is 11.6 Å². The van der Waals surface area contributed by atoms with Crippen molar-refractivity contribution in [3.8, 4) is 0 Å². The van der Waals surface area contributed by atoms with Gasteiger partial charge in [-0.15, -0.1) is 0 Å². The van der Waals surface area contributed by atoms with Gasteiger partial charge < -0.3 is 4.74 Å². The molecule has 0 aliphatic heterocycles. The van der Waals surface area contributed by atoms with Crippen LogP contribution in [0.3, 0.4) is 0 Å². The predicted octanol–water partition coefficient (Wildman–Crippen LogP) is 2.17. The highest BCUT2D eigenvalue weighted by Gasteiger charge is 2.16. The molecule has 1 heterocycles. The minimum atomic E-state index is -0.841. The standard InChI is InChI=1S/C10H13N3O2S/c1-10(2,3)7-5-12-6(4-13-7)8(11)15-9(14)16/h4-5,11H,1-3H3,(H,14,16). The molecule has 16 heavy (non-hydrogen) atoms. The minimum absolute atomic E-state index is 0.103. The molecule has 0 atom stereocenters. The Morgan fingerprint density at radius 1 is 1.38 bits per heavy atom. The van der Waals surface area contributed by atoms with Gasteiger partial charge in [0.15, 0.2) is 0 Å². The van der Waals surface area contributed by atoms with Crippen molar-refractivity contribution in [1.29, 1.82) is 5.41 Å². The van der Waals surface area contributed by atoms with E-state index in [9.17, 15) is 4.79 Å². The second-order valence-corrected chi connectivity index (χ2v) is 4.60. The van der Waals surface area contributed by atoms with Gasteiger partial charge in [-0.1, -0.05) is 33.4 Å². The van der Waals surface area contributed by atoms with Crippen LogP contribution < -0.4 is 0 Å². The zero-order chi connectivity index (χ0) is 12.3. The molecule has 0 bridgehead atoms. The maximum atomic E-state index is 10.5. The number of hydrogen-bond donors (Lipinski definition) is 2. The third kappa shape index (κ3) is 3.30. The first-order valence-corrected chi connectivity index (χ1v) is 5.07. The van der Waals surface area contributed by atoms with Crippen molar-refractivity contribution in [3.63, 3.8) is 0 Å². The lowest BCUT2D eigenvalue weighted by Gasteiger charge is -2.16. The van der Waals surface area contributed by atoms with Crippen LogP contribution >= 0.6 is 12.6 Å². The fourth-order valence-corrected chi connectivity index (χ4v) is 1.06. The number of nitrogens with one attached hydrogen (secondary N) is 1. The highest BCUT2D eigenvalue weighted by Crippen LogP contribution is 2.18. The quantitative estimate of drug-likeness (QED) is 0.341. The van der Waals surface area contributed by atoms with E-state index in [1.807, 2.05) is 20.8 Å². The maximum absolute atomic E-state index is 10.5. The summed E-state index contributed by atoms with van der Waals surface area (Å²) in [5.74, 6) is -0.354. The summed E-state index contributed by atoms with van der Waals surface area (Å²) in [4.78, 5) is 18.7. The molecule has 0 aliphatic carbocycles. The summed E-state index contributed by atoms with van der Waals surface area (Å²) in [5.41, 5.74) is 0.908. The lowest BCUT2D eigenvalue weighted by molar-refractivity contribution is 0.224. The Morgan fingerprint density at radius 2 is 2.00 bits per heavy atom. The highest BCUT2D eigenvalue weighted by molar-refractivity contribution is 7.96. The van der Waals surface area contributed by atoms with Crippen LogP contribution in [-0.2, 0) is 10.2 Å². The van der Waals surface area contributed by atoms with E-state index < -0.39 is 5.30 Å². The number of thiol groups is 1. The van der Waals surface area contributed by atoms with E-state index in [4.69, 9.17) is 5.41 Å². The van der Waals surface area contributed by atoms with Gasteiger partial charge >= 0.3 is 5.30 Å². The summed E-state index contributed by atoms with van der Waals surface area (Å²) < 4.78 is 4.47. The van der Waals surface area contributed by atoms with E-state index in [0.29, 0.717) is 0 Å². The van der Waals surface area contributed by atoms with Crippen LogP contribution in [0, 0.1) is 5.41 Å². The van der Waals surface area contributed by atoms with Gasteiger partial charge in [-0.05, 0) is 0 Å². The molecule has 0 fully saturated rings. The average Bonchev–Trinajstić information content (AvgIpc) is 2.15. The molecule has 1 aromatic heterocycles. The Hall–Kier alpha value is -1.43. The molecule has 6 heteroatoms. The van der Waals surface area contributed by atoms with E-state index in [0.717, 1.165) is 5.69 Å². The zero-order valence-electron chi connectivity index (χ0n) is 9.31. The van der Waals surface area contributed by atoms with Crippen LogP contribution in [0.15, 0.2) is 12.4 Å². The Bertz CT molecular complexity index is 409. The van der Waals surface area contributed by atoms with Crippen LogP contribution in [0.5, 0.6) is 0 Å². The number of aromatic nitrogens is 2. The molecule has 86 valence electrons. The van der Waals surface area contributed by atoms with Crippen LogP contribution in [0.25, 0.3) is 0 Å². The van der Waals surface area contributed by atoms with Gasteiger partial charge in [-0.25, -0.2) is 9.78 Å². The number of hydrogen-bond acceptors (Lipinski definition) is 5. The van der Waals surface area contributed by atoms with Crippen LogP contribution in [0.1, 0.15) is 32.2 Å². The molecule has 0 amide bonds. The summed E-state index contributed by atoms with van der Waals surface area (Å²) in [7, 11) is 0. The molecule has 0 saturated heterocycles. The third-order valence-corrected chi connectivity index (χ3v) is 1.93. The maximum Gasteiger partial charge on any atom is 0.370 e. The van der Waals surface area contributed by atoms with E-state index in [1.54, 1.807) is 6.20 Å². The largest absolute Gasteiger partial charge is 0.398 e. The molecule has 0 saturated carbocycles. The highest BCUT2D eigenvalue weighted by atomic mass is 32.1. The van der Waals surface area contributed by atoms with Crippen LogP contribution in [0.4, 0.5) is 4.79 Å². The van der Waals surface area contributed by atoms with Crippen molar-refractivity contribution >= 4 is 23.8 Å². The van der Waals surface area contributed by atoms with Gasteiger partial charge in [0.1, 0.15) is 5.69 Å². The molecule has 0 aliphatic rings. The van der Waals surface area contributed by atoms with Gasteiger partial charge in [0.25, 0.3) is 0 Å². The first kappa shape index (κ1) is 12.6. The fraction of sp³-hybridized carbons (Fsp3) is 0.400. The fourth-order valence-electron chi connectivity index (χ4n) is 0.972. The normalized spacial score (nSPS) is 11.0. The van der Waals surface area contributed by atoms with E-state index in [1.165, 1.54) is 6.20 Å². The van der Waals surface area contributed by atoms with Gasteiger partial charge in [0.2, 0.25) is 5.90 Å². The van der Waals surface area contributed by atoms with Crippen molar-refractivity contribution in [1.82, 2.24) is 9.97 Å². The van der Waals surface area contributed by atoms with E-state index in [2.05, 4.69) is 27.3 Å². The second kappa shape index (κ2) is 4.61. The number of nitrogens with zero attached hydrogens (tertiary/aromatic N) is 2.